The van der Waals surface area contributed by atoms with Crippen molar-refractivity contribution in [2.24, 2.45) is 4.99 Å². The topological polar surface area (TPSA) is 79.6 Å². The van der Waals surface area contributed by atoms with E-state index in [0.29, 0.717) is 17.1 Å². The van der Waals surface area contributed by atoms with E-state index in [9.17, 15) is 9.90 Å². The van der Waals surface area contributed by atoms with Crippen molar-refractivity contribution < 1.29 is 9.84 Å². The van der Waals surface area contributed by atoms with Crippen LogP contribution in [0, 0.1) is 0 Å². The maximum Gasteiger partial charge on any atom is 0.271 e. The summed E-state index contributed by atoms with van der Waals surface area (Å²) in [5.41, 5.74) is 1.33. The van der Waals surface area contributed by atoms with Gasteiger partial charge in [-0.25, -0.2) is 4.99 Å². The Bertz CT molecular complexity index is 836. The van der Waals surface area contributed by atoms with Crippen LogP contribution >= 0.6 is 11.8 Å². The van der Waals surface area contributed by atoms with E-state index in [-0.39, 0.29) is 22.6 Å². The molecule has 2 heterocycles. The molecule has 3 rings (SSSR count). The molecular formula is C16H19N3O3S. The van der Waals surface area contributed by atoms with Gasteiger partial charge in [0.1, 0.15) is 0 Å². The average molecular weight is 333 g/mol. The van der Waals surface area contributed by atoms with Crippen molar-refractivity contribution in [2.75, 3.05) is 7.11 Å². The summed E-state index contributed by atoms with van der Waals surface area (Å²) in [4.78, 5) is 17.0. The van der Waals surface area contributed by atoms with Gasteiger partial charge in [0.15, 0.2) is 17.3 Å². The van der Waals surface area contributed by atoms with Crippen LogP contribution in [0.1, 0.15) is 43.2 Å². The highest BCUT2D eigenvalue weighted by Crippen LogP contribution is 2.45. The van der Waals surface area contributed by atoms with E-state index in [1.54, 1.807) is 16.8 Å². The highest BCUT2D eigenvalue weighted by Gasteiger charge is 2.31. The first kappa shape index (κ1) is 15.7. The van der Waals surface area contributed by atoms with Gasteiger partial charge in [-0.2, -0.15) is 0 Å². The number of aliphatic imine (C=N–C) groups is 1. The molecule has 0 bridgehead atoms. The first-order chi connectivity index (χ1) is 10.9. The smallest absolute Gasteiger partial charge is 0.271 e. The van der Waals surface area contributed by atoms with Crippen molar-refractivity contribution in [1.82, 2.24) is 9.78 Å². The van der Waals surface area contributed by atoms with Gasteiger partial charge in [-0.1, -0.05) is 17.8 Å². The number of ether oxygens (including phenoxy) is 1. The lowest BCUT2D eigenvalue weighted by Gasteiger charge is -2.22. The second-order valence-corrected chi connectivity index (χ2v) is 7.00. The van der Waals surface area contributed by atoms with E-state index in [0.717, 1.165) is 10.6 Å². The molecule has 0 aliphatic carbocycles. The third-order valence-electron chi connectivity index (χ3n) is 3.77. The van der Waals surface area contributed by atoms with Crippen molar-refractivity contribution in [3.05, 3.63) is 39.7 Å². The number of rotatable bonds is 3. The Morgan fingerprint density at radius 2 is 2.17 bits per heavy atom. The highest BCUT2D eigenvalue weighted by atomic mass is 32.2. The Hall–Kier alpha value is -2.15. The lowest BCUT2D eigenvalue weighted by atomic mass is 10.1. The monoisotopic (exact) mass is 333 g/mol. The summed E-state index contributed by atoms with van der Waals surface area (Å²) in [5.74, 6) is 1.14. The average Bonchev–Trinajstić information content (AvgIpc) is 2.83. The second kappa shape index (κ2) is 5.81. The molecule has 6 nitrogen and oxygen atoms in total. The largest absolute Gasteiger partial charge is 0.504 e. The van der Waals surface area contributed by atoms with Gasteiger partial charge in [-0.15, -0.1) is 0 Å². The molecule has 2 N–H and O–H groups in total. The van der Waals surface area contributed by atoms with Gasteiger partial charge in [0, 0.05) is 6.04 Å². The normalized spacial score (nSPS) is 17.1. The van der Waals surface area contributed by atoms with Crippen LogP contribution in [0.2, 0.25) is 0 Å². The van der Waals surface area contributed by atoms with Crippen molar-refractivity contribution >= 4 is 22.6 Å². The van der Waals surface area contributed by atoms with Gasteiger partial charge in [-0.05, 0) is 38.5 Å². The second-order valence-electron chi connectivity index (χ2n) is 5.70. The maximum absolute atomic E-state index is 12.4. The summed E-state index contributed by atoms with van der Waals surface area (Å²) in [6.07, 6.45) is 0. The van der Waals surface area contributed by atoms with E-state index < -0.39 is 0 Å². The van der Waals surface area contributed by atoms with E-state index >= 15 is 0 Å². The van der Waals surface area contributed by atoms with Gasteiger partial charge in [0.2, 0.25) is 0 Å². The highest BCUT2D eigenvalue weighted by molar-refractivity contribution is 8.14. The van der Waals surface area contributed by atoms with E-state index in [4.69, 9.17) is 4.74 Å². The van der Waals surface area contributed by atoms with E-state index in [1.165, 1.54) is 18.9 Å². The minimum atomic E-state index is -0.206. The lowest BCUT2D eigenvalue weighted by molar-refractivity contribution is 0.373. The maximum atomic E-state index is 12.4. The van der Waals surface area contributed by atoms with Crippen LogP contribution in [0.15, 0.2) is 28.0 Å². The van der Waals surface area contributed by atoms with Crippen LogP contribution in [0.25, 0.3) is 0 Å². The molecule has 0 amide bonds. The quantitative estimate of drug-likeness (QED) is 0.902. The molecule has 23 heavy (non-hydrogen) atoms. The first-order valence-corrected chi connectivity index (χ1v) is 8.23. The predicted molar refractivity (Wildman–Crippen MR) is 92.3 cm³/mol. The fourth-order valence-electron chi connectivity index (χ4n) is 2.69. The molecule has 0 fully saturated rings. The number of aromatic nitrogens is 2. The first-order valence-electron chi connectivity index (χ1n) is 7.35. The summed E-state index contributed by atoms with van der Waals surface area (Å²) in [6, 6.07) is 5.33. The summed E-state index contributed by atoms with van der Waals surface area (Å²) in [6.45, 7) is 5.92. The van der Waals surface area contributed by atoms with Crippen LogP contribution < -0.4 is 10.3 Å². The number of methoxy groups -OCH3 is 1. The minimum absolute atomic E-state index is 0.0621. The van der Waals surface area contributed by atoms with Gasteiger partial charge in [-0.3, -0.25) is 14.6 Å². The lowest BCUT2D eigenvalue weighted by Crippen LogP contribution is -2.13. The molecule has 1 aromatic carbocycles. The number of phenolic OH excluding ortho intramolecular Hbond substituents is 1. The standard InChI is InChI=1S/C16H19N3O3S/c1-8(2)19-15-13(16(21)18-19)14(23-9(3)17-15)10-5-6-12(22-4)11(20)7-10/h5-8,14,20H,1-4H3,(H,18,21)/t14-/m0/s1. The van der Waals surface area contributed by atoms with Crippen molar-refractivity contribution in [3.63, 3.8) is 0 Å². The molecule has 0 saturated carbocycles. The zero-order chi connectivity index (χ0) is 16.7. The van der Waals surface area contributed by atoms with Crippen LogP contribution in [-0.4, -0.2) is 27.0 Å². The number of thioether (sulfide) groups is 1. The number of fused-ring (bicyclic) bond motifs is 1. The molecule has 122 valence electrons. The molecule has 0 unspecified atom stereocenters. The predicted octanol–water partition coefficient (Wildman–Crippen LogP) is 3.36. The SMILES string of the molecule is COc1ccc([C@@H]2SC(C)=Nc3c2c(=O)[nH]n3C(C)C)cc1O. The molecule has 0 spiro atoms. The Morgan fingerprint density at radius 3 is 2.78 bits per heavy atom. The van der Waals surface area contributed by atoms with Crippen LogP contribution in [0.5, 0.6) is 11.5 Å². The Labute approximate surface area is 138 Å². The number of benzene rings is 1. The number of phenols is 1. The molecule has 0 saturated heterocycles. The van der Waals surface area contributed by atoms with Gasteiger partial charge < -0.3 is 9.84 Å². The molecule has 7 heteroatoms. The molecule has 1 aromatic heterocycles. The minimum Gasteiger partial charge on any atom is -0.504 e. The molecular weight excluding hydrogens is 314 g/mol. The van der Waals surface area contributed by atoms with Gasteiger partial charge in [0.05, 0.1) is 23.0 Å². The van der Waals surface area contributed by atoms with Crippen molar-refractivity contribution in [2.45, 2.75) is 32.1 Å². The summed E-state index contributed by atoms with van der Waals surface area (Å²) in [7, 11) is 1.51. The third-order valence-corrected chi connectivity index (χ3v) is 4.95. The number of aromatic amines is 1. The Balaban J connectivity index is 2.15. The van der Waals surface area contributed by atoms with Crippen molar-refractivity contribution in [1.29, 1.82) is 0 Å². The van der Waals surface area contributed by atoms with Crippen LogP contribution in [-0.2, 0) is 0 Å². The fraction of sp³-hybridized carbons (Fsp3) is 0.375. The zero-order valence-corrected chi connectivity index (χ0v) is 14.3. The van der Waals surface area contributed by atoms with Crippen molar-refractivity contribution in [3.8, 4) is 11.5 Å². The summed E-state index contributed by atoms with van der Waals surface area (Å²) < 4.78 is 6.87. The fourth-order valence-corrected chi connectivity index (χ4v) is 3.78. The van der Waals surface area contributed by atoms with Gasteiger partial charge >= 0.3 is 0 Å². The molecule has 1 aliphatic rings. The molecule has 1 atom stereocenters. The zero-order valence-electron chi connectivity index (χ0n) is 13.5. The summed E-state index contributed by atoms with van der Waals surface area (Å²) in [5, 5.41) is 13.6. The third kappa shape index (κ3) is 2.65. The number of hydrogen-bond acceptors (Lipinski definition) is 5. The van der Waals surface area contributed by atoms with E-state index in [2.05, 4.69) is 10.1 Å². The number of aromatic hydroxyl groups is 1. The molecule has 1 aliphatic heterocycles. The number of nitrogens with one attached hydrogen (secondary N) is 1. The van der Waals surface area contributed by atoms with E-state index in [1.807, 2.05) is 26.8 Å². The van der Waals surface area contributed by atoms with Gasteiger partial charge in [0.25, 0.3) is 5.56 Å². The van der Waals surface area contributed by atoms with Crippen LogP contribution in [0.3, 0.4) is 0 Å². The molecule has 2 aromatic rings. The summed E-state index contributed by atoms with van der Waals surface area (Å²) >= 11 is 1.51. The number of hydrogen-bond donors (Lipinski definition) is 2. The number of nitrogens with zero attached hydrogens (tertiary/aromatic N) is 2. The molecule has 0 radical (unpaired) electrons. The number of H-pyrrole nitrogens is 1. The Kier molecular flexibility index (Phi) is 3.97. The van der Waals surface area contributed by atoms with Crippen LogP contribution in [0.4, 0.5) is 5.82 Å². The Morgan fingerprint density at radius 1 is 1.43 bits per heavy atom.